The largest absolute Gasteiger partial charge is 0.493 e. The SMILES string of the molecule is COc1cc(-c2cc(=O)c3cc(OC(=O)C(C)N4C(=O)c5ccccc5C4=O)ccc3o2)cc(OC)c1OC. The zero-order valence-corrected chi connectivity index (χ0v) is 21.5. The molecule has 10 heteroatoms. The maximum atomic E-state index is 13.0. The summed E-state index contributed by atoms with van der Waals surface area (Å²) in [6.07, 6.45) is 0. The number of ether oxygens (including phenoxy) is 4. The van der Waals surface area contributed by atoms with Crippen molar-refractivity contribution in [3.05, 3.63) is 82.0 Å². The van der Waals surface area contributed by atoms with Crippen molar-refractivity contribution in [1.29, 1.82) is 0 Å². The van der Waals surface area contributed by atoms with Gasteiger partial charge in [0.15, 0.2) is 16.9 Å². The number of methoxy groups -OCH3 is 3. The quantitative estimate of drug-likeness (QED) is 0.198. The molecule has 1 atom stereocenters. The van der Waals surface area contributed by atoms with Crippen LogP contribution in [0, 0.1) is 0 Å². The molecule has 2 amide bonds. The number of esters is 1. The molecule has 0 N–H and O–H groups in total. The van der Waals surface area contributed by atoms with Gasteiger partial charge in [-0.1, -0.05) is 12.1 Å². The van der Waals surface area contributed by atoms with Crippen molar-refractivity contribution in [3.63, 3.8) is 0 Å². The molecule has 0 fully saturated rings. The summed E-state index contributed by atoms with van der Waals surface area (Å²) < 4.78 is 27.5. The number of carbonyl (C=O) groups excluding carboxylic acids is 3. The molecule has 3 aromatic carbocycles. The summed E-state index contributed by atoms with van der Waals surface area (Å²) in [6.45, 7) is 1.41. The minimum atomic E-state index is -1.19. The van der Waals surface area contributed by atoms with E-state index in [1.807, 2.05) is 0 Å². The van der Waals surface area contributed by atoms with Gasteiger partial charge in [0.05, 0.1) is 37.8 Å². The summed E-state index contributed by atoms with van der Waals surface area (Å²) in [5.74, 6) is -0.472. The van der Waals surface area contributed by atoms with Gasteiger partial charge < -0.3 is 23.4 Å². The van der Waals surface area contributed by atoms with E-state index in [1.54, 1.807) is 24.3 Å². The summed E-state index contributed by atoms with van der Waals surface area (Å²) in [5, 5.41) is 0.171. The Hall–Kier alpha value is -5.12. The Morgan fingerprint density at radius 3 is 2.00 bits per heavy atom. The van der Waals surface area contributed by atoms with E-state index in [-0.39, 0.29) is 39.0 Å². The van der Waals surface area contributed by atoms with Gasteiger partial charge in [-0.2, -0.15) is 0 Å². The molecule has 1 aromatic heterocycles. The third kappa shape index (κ3) is 4.35. The van der Waals surface area contributed by atoms with Crippen LogP contribution in [-0.2, 0) is 4.79 Å². The van der Waals surface area contributed by atoms with Crippen LogP contribution < -0.4 is 24.4 Å². The van der Waals surface area contributed by atoms with Crippen LogP contribution in [0.2, 0.25) is 0 Å². The molecule has 198 valence electrons. The van der Waals surface area contributed by atoms with Gasteiger partial charge in [0.1, 0.15) is 23.1 Å². The number of hydrogen-bond donors (Lipinski definition) is 0. The lowest BCUT2D eigenvalue weighted by atomic mass is 10.1. The molecular formula is C29H23NO9. The number of amides is 2. The van der Waals surface area contributed by atoms with Gasteiger partial charge in [-0.25, -0.2) is 4.79 Å². The van der Waals surface area contributed by atoms with Crippen molar-refractivity contribution in [2.24, 2.45) is 0 Å². The first-order valence-corrected chi connectivity index (χ1v) is 11.8. The van der Waals surface area contributed by atoms with Crippen molar-refractivity contribution in [2.75, 3.05) is 21.3 Å². The van der Waals surface area contributed by atoms with Crippen LogP contribution in [0.15, 0.2) is 69.9 Å². The monoisotopic (exact) mass is 529 g/mol. The Kier molecular flexibility index (Phi) is 6.53. The van der Waals surface area contributed by atoms with Crippen molar-refractivity contribution in [1.82, 2.24) is 4.90 Å². The van der Waals surface area contributed by atoms with E-state index in [9.17, 15) is 19.2 Å². The smallest absolute Gasteiger partial charge is 0.334 e. The maximum Gasteiger partial charge on any atom is 0.334 e. The van der Waals surface area contributed by atoms with Crippen LogP contribution in [0.5, 0.6) is 23.0 Å². The summed E-state index contributed by atoms with van der Waals surface area (Å²) in [7, 11) is 4.45. The molecule has 0 spiro atoms. The van der Waals surface area contributed by atoms with Gasteiger partial charge in [-0.05, 0) is 49.4 Å². The number of rotatable bonds is 7. The molecule has 1 aliphatic rings. The number of hydrogen-bond acceptors (Lipinski definition) is 9. The summed E-state index contributed by atoms with van der Waals surface area (Å²) in [6, 6.07) is 14.1. The van der Waals surface area contributed by atoms with E-state index in [4.69, 9.17) is 23.4 Å². The number of nitrogens with zero attached hydrogens (tertiary/aromatic N) is 1. The van der Waals surface area contributed by atoms with Gasteiger partial charge in [-0.15, -0.1) is 0 Å². The predicted octanol–water partition coefficient (Wildman–Crippen LogP) is 4.08. The second-order valence-electron chi connectivity index (χ2n) is 8.67. The minimum Gasteiger partial charge on any atom is -0.493 e. The molecule has 1 unspecified atom stereocenters. The third-order valence-corrected chi connectivity index (χ3v) is 6.42. The first-order chi connectivity index (χ1) is 18.8. The zero-order chi connectivity index (χ0) is 27.8. The predicted molar refractivity (Wildman–Crippen MR) is 140 cm³/mol. The topological polar surface area (TPSA) is 122 Å². The van der Waals surface area contributed by atoms with Gasteiger partial charge in [-0.3, -0.25) is 19.3 Å². The highest BCUT2D eigenvalue weighted by Crippen LogP contribution is 2.41. The molecule has 4 aromatic rings. The van der Waals surface area contributed by atoms with Crippen molar-refractivity contribution in [3.8, 4) is 34.3 Å². The number of imide groups is 1. The van der Waals surface area contributed by atoms with E-state index in [0.29, 0.717) is 22.8 Å². The Labute approximate surface area is 222 Å². The molecule has 0 radical (unpaired) electrons. The third-order valence-electron chi connectivity index (χ3n) is 6.42. The van der Waals surface area contributed by atoms with Crippen LogP contribution in [0.25, 0.3) is 22.3 Å². The molecule has 5 rings (SSSR count). The van der Waals surface area contributed by atoms with Gasteiger partial charge in [0.2, 0.25) is 5.75 Å². The van der Waals surface area contributed by atoms with Crippen LogP contribution in [0.1, 0.15) is 27.6 Å². The second-order valence-corrected chi connectivity index (χ2v) is 8.67. The van der Waals surface area contributed by atoms with Crippen molar-refractivity contribution in [2.45, 2.75) is 13.0 Å². The molecule has 0 saturated heterocycles. The molecule has 0 aliphatic carbocycles. The van der Waals surface area contributed by atoms with E-state index < -0.39 is 23.8 Å². The van der Waals surface area contributed by atoms with Gasteiger partial charge >= 0.3 is 5.97 Å². The molecule has 1 aliphatic heterocycles. The Morgan fingerprint density at radius 1 is 0.821 bits per heavy atom. The van der Waals surface area contributed by atoms with Gasteiger partial charge in [0, 0.05) is 11.6 Å². The van der Waals surface area contributed by atoms with Crippen molar-refractivity contribution < 1.29 is 37.7 Å². The van der Waals surface area contributed by atoms with Crippen LogP contribution in [0.4, 0.5) is 0 Å². The van der Waals surface area contributed by atoms with E-state index in [1.165, 1.54) is 64.7 Å². The molecule has 2 heterocycles. The molecule has 0 bridgehead atoms. The summed E-state index contributed by atoms with van der Waals surface area (Å²) in [5.41, 5.74) is 0.848. The highest BCUT2D eigenvalue weighted by atomic mass is 16.5. The van der Waals surface area contributed by atoms with Crippen molar-refractivity contribution >= 4 is 28.8 Å². The fraction of sp³-hybridized carbons (Fsp3) is 0.172. The fourth-order valence-electron chi connectivity index (χ4n) is 4.43. The standard InChI is InChI=1S/C29H23NO9/c1-15(30-27(32)18-7-5-6-8-19(18)28(30)33)29(34)38-17-9-10-22-20(13-17)21(31)14-23(39-22)16-11-24(35-2)26(37-4)25(12-16)36-3/h5-15H,1-4H3. The van der Waals surface area contributed by atoms with E-state index in [2.05, 4.69) is 0 Å². The maximum absolute atomic E-state index is 13.0. The zero-order valence-electron chi connectivity index (χ0n) is 21.5. The Bertz CT molecular complexity index is 1650. The lowest BCUT2D eigenvalue weighted by molar-refractivity contribution is -0.138. The molecule has 10 nitrogen and oxygen atoms in total. The molecule has 0 saturated carbocycles. The first-order valence-electron chi connectivity index (χ1n) is 11.8. The first kappa shape index (κ1) is 25.5. The number of fused-ring (bicyclic) bond motifs is 2. The highest BCUT2D eigenvalue weighted by molar-refractivity contribution is 6.22. The molecule has 39 heavy (non-hydrogen) atoms. The average Bonchev–Trinajstić information content (AvgIpc) is 3.21. The average molecular weight is 530 g/mol. The summed E-state index contributed by atoms with van der Waals surface area (Å²) in [4.78, 5) is 52.2. The lowest BCUT2D eigenvalue weighted by Crippen LogP contribution is -2.44. The fourth-order valence-corrected chi connectivity index (χ4v) is 4.43. The lowest BCUT2D eigenvalue weighted by Gasteiger charge is -2.20. The van der Waals surface area contributed by atoms with Crippen LogP contribution in [0.3, 0.4) is 0 Å². The normalized spacial score (nSPS) is 13.3. The van der Waals surface area contributed by atoms with E-state index in [0.717, 1.165) is 4.90 Å². The van der Waals surface area contributed by atoms with Crippen LogP contribution in [-0.4, -0.2) is 50.1 Å². The van der Waals surface area contributed by atoms with Gasteiger partial charge in [0.25, 0.3) is 11.8 Å². The minimum absolute atomic E-state index is 0.0591. The van der Waals surface area contributed by atoms with E-state index >= 15 is 0 Å². The summed E-state index contributed by atoms with van der Waals surface area (Å²) >= 11 is 0. The number of carbonyl (C=O) groups is 3. The number of benzene rings is 3. The Balaban J connectivity index is 1.42. The van der Waals surface area contributed by atoms with Crippen LogP contribution >= 0.6 is 0 Å². The Morgan fingerprint density at radius 2 is 1.44 bits per heavy atom. The highest BCUT2D eigenvalue weighted by Gasteiger charge is 2.41. The molecular weight excluding hydrogens is 506 g/mol. The second kappa shape index (κ2) is 9.97.